The lowest BCUT2D eigenvalue weighted by atomic mass is 9.96. The van der Waals surface area contributed by atoms with Crippen molar-refractivity contribution >= 4 is 18.3 Å². The quantitative estimate of drug-likeness (QED) is 0.851. The molecule has 6 heteroatoms. The van der Waals surface area contributed by atoms with Gasteiger partial charge in [0.2, 0.25) is 5.91 Å². The third-order valence-electron chi connectivity index (χ3n) is 3.84. The van der Waals surface area contributed by atoms with Crippen molar-refractivity contribution in [1.29, 1.82) is 0 Å². The predicted molar refractivity (Wildman–Crippen MR) is 98.0 cm³/mol. The van der Waals surface area contributed by atoms with Crippen LogP contribution in [0.15, 0.2) is 12.1 Å². The molecule has 0 radical (unpaired) electrons. The summed E-state index contributed by atoms with van der Waals surface area (Å²) < 4.78 is 11.4. The number of fused-ring (bicyclic) bond motifs is 1. The summed E-state index contributed by atoms with van der Waals surface area (Å²) in [6, 6.07) is 4.06. The first kappa shape index (κ1) is 20.6. The molecule has 5 nitrogen and oxygen atoms in total. The predicted octanol–water partition coefficient (Wildman–Crippen LogP) is 2.92. The second-order valence-electron chi connectivity index (χ2n) is 6.66. The number of benzene rings is 1. The number of carbonyl (C=O) groups is 1. The van der Waals surface area contributed by atoms with Gasteiger partial charge in [-0.25, -0.2) is 0 Å². The number of rotatable bonds is 6. The van der Waals surface area contributed by atoms with Gasteiger partial charge in [0.25, 0.3) is 0 Å². The van der Waals surface area contributed by atoms with Crippen molar-refractivity contribution in [3.8, 4) is 11.5 Å². The Balaban J connectivity index is 0.00000288. The Morgan fingerprint density at radius 1 is 1.17 bits per heavy atom. The maximum atomic E-state index is 12.4. The van der Waals surface area contributed by atoms with Gasteiger partial charge in [-0.05, 0) is 57.4 Å². The molecule has 0 spiro atoms. The Morgan fingerprint density at radius 2 is 1.71 bits per heavy atom. The zero-order valence-corrected chi connectivity index (χ0v) is 15.9. The van der Waals surface area contributed by atoms with Crippen molar-refractivity contribution in [3.63, 3.8) is 0 Å². The van der Waals surface area contributed by atoms with Gasteiger partial charge in [-0.2, -0.15) is 0 Å². The van der Waals surface area contributed by atoms with Gasteiger partial charge < -0.3 is 20.1 Å². The van der Waals surface area contributed by atoms with Crippen molar-refractivity contribution in [1.82, 2.24) is 4.90 Å². The second-order valence-corrected chi connectivity index (χ2v) is 6.66. The Morgan fingerprint density at radius 3 is 2.21 bits per heavy atom. The van der Waals surface area contributed by atoms with Crippen LogP contribution in [0.4, 0.5) is 0 Å². The number of amides is 1. The molecule has 0 saturated carbocycles. The molecule has 1 aromatic rings. The number of carbonyl (C=O) groups excluding carboxylic acids is 1. The highest BCUT2D eigenvalue weighted by molar-refractivity contribution is 5.85. The largest absolute Gasteiger partial charge is 0.490 e. The molecule has 1 aliphatic heterocycles. The standard InChI is InChI=1S/C18H28N2O3.ClH/c1-5-22-15-9-13-7-8-20(17(21)11-18(3,4)19)12-14(13)10-16(15)23-6-2;/h9-10H,5-8,11-12,19H2,1-4H3;1H. The van der Waals surface area contributed by atoms with Crippen LogP contribution in [0.25, 0.3) is 0 Å². The van der Waals surface area contributed by atoms with E-state index in [-0.39, 0.29) is 18.3 Å². The lowest BCUT2D eigenvalue weighted by Gasteiger charge is -2.31. The number of hydrogen-bond donors (Lipinski definition) is 1. The van der Waals surface area contributed by atoms with E-state index in [4.69, 9.17) is 15.2 Å². The molecule has 1 heterocycles. The van der Waals surface area contributed by atoms with E-state index in [1.807, 2.05) is 38.7 Å². The zero-order valence-electron chi connectivity index (χ0n) is 15.1. The van der Waals surface area contributed by atoms with E-state index in [9.17, 15) is 4.79 Å². The minimum absolute atomic E-state index is 0. The molecule has 0 unspecified atom stereocenters. The Kier molecular flexibility index (Phi) is 7.36. The lowest BCUT2D eigenvalue weighted by molar-refractivity contribution is -0.133. The van der Waals surface area contributed by atoms with E-state index in [1.165, 1.54) is 5.56 Å². The highest BCUT2D eigenvalue weighted by atomic mass is 35.5. The number of ether oxygens (including phenoxy) is 2. The molecule has 1 amide bonds. The van der Waals surface area contributed by atoms with Crippen LogP contribution >= 0.6 is 12.4 Å². The minimum Gasteiger partial charge on any atom is -0.490 e. The van der Waals surface area contributed by atoms with Gasteiger partial charge in [0.1, 0.15) is 0 Å². The first-order chi connectivity index (χ1) is 10.8. The molecular formula is C18H29ClN2O3. The van der Waals surface area contributed by atoms with E-state index in [0.29, 0.717) is 26.2 Å². The van der Waals surface area contributed by atoms with Crippen molar-refractivity contribution in [3.05, 3.63) is 23.3 Å². The fourth-order valence-corrected chi connectivity index (χ4v) is 2.82. The van der Waals surface area contributed by atoms with E-state index >= 15 is 0 Å². The van der Waals surface area contributed by atoms with Gasteiger partial charge in [0.15, 0.2) is 11.5 Å². The second kappa shape index (κ2) is 8.58. The molecule has 0 fully saturated rings. The van der Waals surface area contributed by atoms with Crippen molar-refractivity contribution < 1.29 is 14.3 Å². The smallest absolute Gasteiger partial charge is 0.224 e. The Bertz CT molecular complexity index is 570. The van der Waals surface area contributed by atoms with E-state index in [1.54, 1.807) is 0 Å². The molecule has 136 valence electrons. The molecule has 1 aromatic carbocycles. The molecule has 0 aliphatic carbocycles. The fourth-order valence-electron chi connectivity index (χ4n) is 2.82. The van der Waals surface area contributed by atoms with Crippen LogP contribution in [0, 0.1) is 0 Å². The van der Waals surface area contributed by atoms with Crippen LogP contribution in [-0.2, 0) is 17.8 Å². The van der Waals surface area contributed by atoms with Crippen molar-refractivity contribution in [2.45, 2.75) is 52.6 Å². The number of halogens is 1. The van der Waals surface area contributed by atoms with Crippen LogP contribution in [0.1, 0.15) is 45.2 Å². The van der Waals surface area contributed by atoms with E-state index in [0.717, 1.165) is 30.0 Å². The highest BCUT2D eigenvalue weighted by Gasteiger charge is 2.26. The number of hydrogen-bond acceptors (Lipinski definition) is 4. The van der Waals surface area contributed by atoms with Gasteiger partial charge in [-0.15, -0.1) is 12.4 Å². The summed E-state index contributed by atoms with van der Waals surface area (Å²) in [6.45, 7) is 10.2. The van der Waals surface area contributed by atoms with Crippen LogP contribution in [0.3, 0.4) is 0 Å². The average Bonchev–Trinajstić information content (AvgIpc) is 2.46. The average molecular weight is 357 g/mol. The van der Waals surface area contributed by atoms with Gasteiger partial charge in [-0.1, -0.05) is 0 Å². The maximum Gasteiger partial charge on any atom is 0.224 e. The summed E-state index contributed by atoms with van der Waals surface area (Å²) in [5.74, 6) is 1.65. The van der Waals surface area contributed by atoms with Crippen LogP contribution < -0.4 is 15.2 Å². The molecule has 0 saturated heterocycles. The van der Waals surface area contributed by atoms with E-state index < -0.39 is 5.54 Å². The molecule has 2 rings (SSSR count). The summed E-state index contributed by atoms with van der Waals surface area (Å²) in [4.78, 5) is 14.3. The zero-order chi connectivity index (χ0) is 17.0. The Hall–Kier alpha value is -1.46. The van der Waals surface area contributed by atoms with Gasteiger partial charge >= 0.3 is 0 Å². The van der Waals surface area contributed by atoms with Gasteiger partial charge in [-0.3, -0.25) is 4.79 Å². The lowest BCUT2D eigenvalue weighted by Crippen LogP contribution is -2.43. The SMILES string of the molecule is CCOc1cc2c(cc1OCC)CN(C(=O)CC(C)(C)N)CC2.Cl. The number of nitrogens with zero attached hydrogens (tertiary/aromatic N) is 1. The van der Waals surface area contributed by atoms with Crippen molar-refractivity contribution in [2.75, 3.05) is 19.8 Å². The minimum atomic E-state index is -0.479. The molecule has 1 aliphatic rings. The summed E-state index contributed by atoms with van der Waals surface area (Å²) in [5, 5.41) is 0. The molecule has 0 aromatic heterocycles. The third kappa shape index (κ3) is 5.28. The molecule has 0 bridgehead atoms. The third-order valence-corrected chi connectivity index (χ3v) is 3.84. The monoisotopic (exact) mass is 356 g/mol. The van der Waals surface area contributed by atoms with E-state index in [2.05, 4.69) is 6.07 Å². The van der Waals surface area contributed by atoms with Crippen LogP contribution in [0.2, 0.25) is 0 Å². The molecular weight excluding hydrogens is 328 g/mol. The maximum absolute atomic E-state index is 12.4. The normalized spacial score (nSPS) is 13.8. The summed E-state index contributed by atoms with van der Waals surface area (Å²) in [6.07, 6.45) is 1.19. The van der Waals surface area contributed by atoms with Crippen LogP contribution in [0.5, 0.6) is 11.5 Å². The number of nitrogens with two attached hydrogens (primary N) is 1. The summed E-state index contributed by atoms with van der Waals surface area (Å²) in [7, 11) is 0. The van der Waals surface area contributed by atoms with Crippen LogP contribution in [-0.4, -0.2) is 36.1 Å². The first-order valence-electron chi connectivity index (χ1n) is 8.32. The first-order valence-corrected chi connectivity index (χ1v) is 8.32. The summed E-state index contributed by atoms with van der Waals surface area (Å²) in [5.41, 5.74) is 7.85. The van der Waals surface area contributed by atoms with Gasteiger partial charge in [0.05, 0.1) is 13.2 Å². The topological polar surface area (TPSA) is 64.8 Å². The van der Waals surface area contributed by atoms with Crippen molar-refractivity contribution in [2.24, 2.45) is 5.73 Å². The molecule has 0 atom stereocenters. The Labute approximate surface area is 150 Å². The molecule has 24 heavy (non-hydrogen) atoms. The van der Waals surface area contributed by atoms with Gasteiger partial charge in [0, 0.05) is 25.0 Å². The molecule has 2 N–H and O–H groups in total. The summed E-state index contributed by atoms with van der Waals surface area (Å²) >= 11 is 0. The highest BCUT2D eigenvalue weighted by Crippen LogP contribution is 2.34. The fraction of sp³-hybridized carbons (Fsp3) is 0.611.